The highest BCUT2D eigenvalue weighted by atomic mass is 19.4. The van der Waals surface area contributed by atoms with E-state index in [1.54, 1.807) is 19.1 Å². The largest absolute Gasteiger partial charge is 0.417 e. The second-order valence-corrected chi connectivity index (χ2v) is 19.1. The van der Waals surface area contributed by atoms with Crippen LogP contribution in [-0.2, 0) is 6.18 Å². The van der Waals surface area contributed by atoms with E-state index in [4.69, 9.17) is 6.57 Å². The van der Waals surface area contributed by atoms with E-state index < -0.39 is 11.7 Å². The van der Waals surface area contributed by atoms with Crippen LogP contribution in [0.15, 0.2) is 249 Å². The number of rotatable bonds is 8. The fraction of sp³-hybridized carbons (Fsp3) is 0.0290. The highest BCUT2D eigenvalue weighted by Crippen LogP contribution is 2.47. The number of hydrogen-bond donors (Lipinski definition) is 0. The molecule has 0 N–H and O–H groups in total. The van der Waals surface area contributed by atoms with Crippen LogP contribution in [0.3, 0.4) is 0 Å². The first-order chi connectivity index (χ1) is 36.7. The summed E-state index contributed by atoms with van der Waals surface area (Å²) in [5.74, 6) is 0. The maximum atomic E-state index is 15.1. The van der Waals surface area contributed by atoms with Crippen LogP contribution in [0, 0.1) is 13.5 Å². The quantitative estimate of drug-likeness (QED) is 0.135. The summed E-state index contributed by atoms with van der Waals surface area (Å²) in [5, 5.41) is 4.17. The molecule has 0 saturated carbocycles. The van der Waals surface area contributed by atoms with Crippen LogP contribution in [-0.4, -0.2) is 9.13 Å². The van der Waals surface area contributed by atoms with Crippen molar-refractivity contribution in [2.45, 2.75) is 13.1 Å². The van der Waals surface area contributed by atoms with Gasteiger partial charge in [0.15, 0.2) is 5.69 Å². The molecule has 2 heterocycles. The Morgan fingerprint density at radius 2 is 0.773 bits per heavy atom. The SMILES string of the molecule is [C-]#[N+]c1ccc(-n2c3ccc(-c4ccccc4)cc3c3cc(-c4ccccc4)ccc32)cc1-c1cc(-c2c(C)cccc2C(F)(F)F)ccc1-n1c2ccc(-c3ccccc3)cc2c2cc(-c3ccccc3)ccc21. The molecule has 2 aromatic heterocycles. The number of hydrogen-bond acceptors (Lipinski definition) is 0. The Morgan fingerprint density at radius 1 is 0.360 bits per heavy atom. The van der Waals surface area contributed by atoms with Crippen molar-refractivity contribution in [3.63, 3.8) is 0 Å². The minimum absolute atomic E-state index is 0.103. The Labute approximate surface area is 432 Å². The van der Waals surface area contributed by atoms with Crippen LogP contribution in [0.25, 0.3) is 127 Å². The molecule has 0 aliphatic rings. The van der Waals surface area contributed by atoms with E-state index in [0.717, 1.165) is 106 Å². The van der Waals surface area contributed by atoms with Crippen molar-refractivity contribution < 1.29 is 13.2 Å². The predicted octanol–water partition coefficient (Wildman–Crippen LogP) is 19.8. The number of halogens is 3. The smallest absolute Gasteiger partial charge is 0.309 e. The van der Waals surface area contributed by atoms with Crippen LogP contribution >= 0.6 is 0 Å². The third-order valence-corrected chi connectivity index (χ3v) is 14.7. The summed E-state index contributed by atoms with van der Waals surface area (Å²) in [5.41, 5.74) is 15.9. The van der Waals surface area contributed by atoms with E-state index in [9.17, 15) is 0 Å². The Kier molecular flexibility index (Phi) is 10.9. The van der Waals surface area contributed by atoms with Gasteiger partial charge in [0.2, 0.25) is 0 Å². The van der Waals surface area contributed by atoms with E-state index in [2.05, 4.69) is 135 Å². The topological polar surface area (TPSA) is 14.2 Å². The molecule has 0 atom stereocenters. The van der Waals surface area contributed by atoms with Gasteiger partial charge in [-0.15, -0.1) is 0 Å². The first-order valence-corrected chi connectivity index (χ1v) is 24.9. The van der Waals surface area contributed by atoms with Gasteiger partial charge >= 0.3 is 6.18 Å². The van der Waals surface area contributed by atoms with Crippen LogP contribution in [0.2, 0.25) is 0 Å². The van der Waals surface area contributed by atoms with Gasteiger partial charge in [0.05, 0.1) is 39.9 Å². The molecule has 0 bridgehead atoms. The lowest BCUT2D eigenvalue weighted by Crippen LogP contribution is -2.08. The van der Waals surface area contributed by atoms with Gasteiger partial charge in [-0.3, -0.25) is 0 Å². The minimum Gasteiger partial charge on any atom is -0.309 e. The zero-order chi connectivity index (χ0) is 50.8. The summed E-state index contributed by atoms with van der Waals surface area (Å²) in [6.45, 7) is 10.4. The number of aryl methyl sites for hydroxylation is 1. The zero-order valence-electron chi connectivity index (χ0n) is 40.6. The van der Waals surface area contributed by atoms with Crippen LogP contribution < -0.4 is 0 Å². The van der Waals surface area contributed by atoms with Crippen LogP contribution in [0.4, 0.5) is 18.9 Å². The molecule has 0 radical (unpaired) electrons. The molecule has 0 aliphatic heterocycles. The highest BCUT2D eigenvalue weighted by molar-refractivity contribution is 6.14. The Morgan fingerprint density at radius 3 is 1.19 bits per heavy atom. The Balaban J connectivity index is 1.10. The number of fused-ring (bicyclic) bond motifs is 6. The van der Waals surface area contributed by atoms with E-state index in [-0.39, 0.29) is 5.56 Å². The van der Waals surface area contributed by atoms with E-state index in [0.29, 0.717) is 27.9 Å². The molecule has 3 nitrogen and oxygen atoms in total. The number of alkyl halides is 3. The van der Waals surface area contributed by atoms with Crippen molar-refractivity contribution in [1.29, 1.82) is 0 Å². The lowest BCUT2D eigenvalue weighted by atomic mass is 9.91. The normalized spacial score (nSPS) is 11.7. The molecule has 0 aliphatic carbocycles. The van der Waals surface area contributed by atoms with Crippen molar-refractivity contribution in [2.24, 2.45) is 0 Å². The number of nitrogens with zero attached hydrogens (tertiary/aromatic N) is 3. The molecule has 0 saturated heterocycles. The van der Waals surface area contributed by atoms with E-state index in [1.165, 1.54) is 6.07 Å². The summed E-state index contributed by atoms with van der Waals surface area (Å²) in [7, 11) is 0. The third-order valence-electron chi connectivity index (χ3n) is 14.7. The number of benzene rings is 11. The molecule has 0 unspecified atom stereocenters. The van der Waals surface area contributed by atoms with Gasteiger partial charge in [0.25, 0.3) is 0 Å². The molecule has 356 valence electrons. The van der Waals surface area contributed by atoms with Crippen molar-refractivity contribution in [1.82, 2.24) is 9.13 Å². The summed E-state index contributed by atoms with van der Waals surface area (Å²) < 4.78 is 49.7. The molecule has 75 heavy (non-hydrogen) atoms. The summed E-state index contributed by atoms with van der Waals surface area (Å²) in [6, 6.07) is 83.2. The van der Waals surface area contributed by atoms with E-state index >= 15 is 13.2 Å². The standard InChI is InChI=1S/C69H44F3N3/c1-44-16-15-25-61(69(70,71)72)68(44)53-30-37-65(75-66-35-28-51(47-21-11-5-12-22-47)40-59(66)60-41-52(29-36-67(60)75)48-23-13-6-14-24-48)56(42-53)55-43-54(31-32-62(55)73-2)74-63-33-26-49(45-17-7-3-8-18-45)38-57(63)58-39-50(27-34-64(58)74)46-19-9-4-10-20-46/h3-43H,1H3. The van der Waals surface area contributed by atoms with Gasteiger partial charge in [-0.05, 0) is 158 Å². The lowest BCUT2D eigenvalue weighted by Gasteiger charge is -2.20. The summed E-state index contributed by atoms with van der Waals surface area (Å²) >= 11 is 0. The fourth-order valence-electron chi connectivity index (χ4n) is 11.2. The maximum absolute atomic E-state index is 15.1. The molecular formula is C69H44F3N3. The average Bonchev–Trinajstić information content (AvgIpc) is 4.00. The minimum atomic E-state index is -4.61. The summed E-state index contributed by atoms with van der Waals surface area (Å²) in [6.07, 6.45) is -4.61. The molecule has 13 rings (SSSR count). The molecule has 0 spiro atoms. The Bertz CT molecular complexity index is 4200. The molecule has 13 aromatic rings. The van der Waals surface area contributed by atoms with Crippen LogP contribution in [0.1, 0.15) is 11.1 Å². The second kappa shape index (κ2) is 18.1. The van der Waals surface area contributed by atoms with Gasteiger partial charge in [-0.1, -0.05) is 170 Å². The van der Waals surface area contributed by atoms with Gasteiger partial charge in [0.1, 0.15) is 0 Å². The molecule has 6 heteroatoms. The third kappa shape index (κ3) is 7.85. The van der Waals surface area contributed by atoms with Gasteiger partial charge < -0.3 is 9.13 Å². The monoisotopic (exact) mass is 971 g/mol. The van der Waals surface area contributed by atoms with Gasteiger partial charge in [0, 0.05) is 27.2 Å². The Hall–Kier alpha value is -9.70. The first-order valence-electron chi connectivity index (χ1n) is 24.9. The molecule has 0 fully saturated rings. The zero-order valence-corrected chi connectivity index (χ0v) is 40.6. The lowest BCUT2D eigenvalue weighted by molar-refractivity contribution is -0.137. The van der Waals surface area contributed by atoms with Gasteiger partial charge in [-0.25, -0.2) is 4.85 Å². The predicted molar refractivity (Wildman–Crippen MR) is 304 cm³/mol. The van der Waals surface area contributed by atoms with Crippen molar-refractivity contribution >= 4 is 49.3 Å². The maximum Gasteiger partial charge on any atom is 0.417 e. The molecule has 11 aromatic carbocycles. The molecular weight excluding hydrogens is 928 g/mol. The fourth-order valence-corrected chi connectivity index (χ4v) is 11.2. The second-order valence-electron chi connectivity index (χ2n) is 19.1. The van der Waals surface area contributed by atoms with Crippen molar-refractivity contribution in [3.05, 3.63) is 271 Å². The summed E-state index contributed by atoms with van der Waals surface area (Å²) in [4.78, 5) is 4.15. The van der Waals surface area contributed by atoms with Crippen LogP contribution in [0.5, 0.6) is 0 Å². The van der Waals surface area contributed by atoms with Crippen molar-refractivity contribution in [2.75, 3.05) is 0 Å². The average molecular weight is 972 g/mol. The van der Waals surface area contributed by atoms with E-state index in [1.807, 2.05) is 103 Å². The first kappa shape index (κ1) is 45.2. The number of aromatic nitrogens is 2. The highest BCUT2D eigenvalue weighted by Gasteiger charge is 2.34. The van der Waals surface area contributed by atoms with Crippen molar-refractivity contribution in [3.8, 4) is 78.1 Å². The van der Waals surface area contributed by atoms with Gasteiger partial charge in [-0.2, -0.15) is 13.2 Å². The molecule has 0 amide bonds.